The molecule has 2 aromatic rings. The Hall–Kier alpha value is -1.49. The van der Waals surface area contributed by atoms with Crippen LogP contribution in [0.1, 0.15) is 10.5 Å². The number of aromatic nitrogens is 4. The summed E-state index contributed by atoms with van der Waals surface area (Å²) in [5.74, 6) is 0.324. The number of aldehydes is 1. The highest BCUT2D eigenvalue weighted by molar-refractivity contribution is 6.32. The first-order chi connectivity index (χ1) is 5.83. The van der Waals surface area contributed by atoms with Crippen LogP contribution in [0.3, 0.4) is 0 Å². The van der Waals surface area contributed by atoms with Gasteiger partial charge in [-0.25, -0.2) is 4.98 Å². The molecule has 0 aliphatic carbocycles. The minimum Gasteiger partial charge on any atom is -0.296 e. The van der Waals surface area contributed by atoms with Crippen molar-refractivity contribution >= 4 is 23.7 Å². The zero-order valence-corrected chi connectivity index (χ0v) is 6.56. The van der Waals surface area contributed by atoms with Gasteiger partial charge in [0.2, 0.25) is 0 Å². The van der Waals surface area contributed by atoms with Gasteiger partial charge >= 0.3 is 0 Å². The normalized spacial score (nSPS) is 10.4. The summed E-state index contributed by atoms with van der Waals surface area (Å²) in [6, 6.07) is 0. The molecule has 6 heteroatoms. The summed E-state index contributed by atoms with van der Waals surface area (Å²) >= 11 is 5.76. The highest BCUT2D eigenvalue weighted by Crippen LogP contribution is 2.13. The SMILES string of the molecule is O=Cc1nc2nnccn2c1Cl. The molecule has 60 valence electrons. The van der Waals surface area contributed by atoms with E-state index in [-0.39, 0.29) is 10.8 Å². The summed E-state index contributed by atoms with van der Waals surface area (Å²) < 4.78 is 1.48. The zero-order valence-electron chi connectivity index (χ0n) is 5.81. The highest BCUT2D eigenvalue weighted by Gasteiger charge is 2.08. The summed E-state index contributed by atoms with van der Waals surface area (Å²) in [6.07, 6.45) is 3.64. The average molecular weight is 183 g/mol. The summed E-state index contributed by atoms with van der Waals surface area (Å²) in [5, 5.41) is 7.52. The molecular formula is C6H3ClN4O. The molecule has 2 rings (SSSR count). The van der Waals surface area contributed by atoms with E-state index in [4.69, 9.17) is 11.6 Å². The van der Waals surface area contributed by atoms with Gasteiger partial charge in [0, 0.05) is 6.20 Å². The molecule has 0 fully saturated rings. The van der Waals surface area contributed by atoms with Crippen molar-refractivity contribution in [1.29, 1.82) is 0 Å². The van der Waals surface area contributed by atoms with Crippen molar-refractivity contribution in [3.63, 3.8) is 0 Å². The predicted octanol–water partition coefficient (Wildman–Crippen LogP) is 0.590. The Bertz CT molecular complexity index is 438. The Labute approximate surface area is 72.0 Å². The van der Waals surface area contributed by atoms with E-state index in [0.29, 0.717) is 12.1 Å². The molecule has 0 aliphatic heterocycles. The molecule has 2 heterocycles. The Morgan fingerprint density at radius 1 is 1.58 bits per heavy atom. The minimum absolute atomic E-state index is 0.178. The number of imidazole rings is 1. The van der Waals surface area contributed by atoms with Gasteiger partial charge in [-0.15, -0.1) is 5.10 Å². The molecule has 0 aliphatic rings. The van der Waals surface area contributed by atoms with E-state index in [2.05, 4.69) is 15.2 Å². The lowest BCUT2D eigenvalue weighted by Gasteiger charge is -1.88. The minimum atomic E-state index is 0.178. The zero-order chi connectivity index (χ0) is 8.55. The number of rotatable bonds is 1. The number of halogens is 1. The first-order valence-electron chi connectivity index (χ1n) is 3.13. The third-order valence-corrected chi connectivity index (χ3v) is 1.78. The Morgan fingerprint density at radius 2 is 2.42 bits per heavy atom. The quantitative estimate of drug-likeness (QED) is 0.606. The Morgan fingerprint density at radius 3 is 3.08 bits per heavy atom. The second-order valence-corrected chi connectivity index (χ2v) is 2.45. The topological polar surface area (TPSA) is 60.2 Å². The number of carbonyl (C=O) groups is 1. The first kappa shape index (κ1) is 7.17. The predicted molar refractivity (Wildman–Crippen MR) is 41.2 cm³/mol. The van der Waals surface area contributed by atoms with E-state index in [1.54, 1.807) is 6.20 Å². The van der Waals surface area contributed by atoms with Gasteiger partial charge in [0.1, 0.15) is 10.8 Å². The van der Waals surface area contributed by atoms with Gasteiger partial charge in [0.05, 0.1) is 6.20 Å². The standard InChI is InChI=1S/C6H3ClN4O/c7-5-4(3-12)9-6-10-8-1-2-11(5)6/h1-3H. The van der Waals surface area contributed by atoms with Gasteiger partial charge in [0.25, 0.3) is 5.78 Å². The summed E-state index contributed by atoms with van der Waals surface area (Å²) in [4.78, 5) is 14.2. The molecule has 0 bridgehead atoms. The largest absolute Gasteiger partial charge is 0.296 e. The fourth-order valence-corrected chi connectivity index (χ4v) is 1.10. The number of hydrogen-bond acceptors (Lipinski definition) is 4. The first-order valence-corrected chi connectivity index (χ1v) is 3.51. The van der Waals surface area contributed by atoms with Crippen LogP contribution in [-0.2, 0) is 0 Å². The van der Waals surface area contributed by atoms with Gasteiger partial charge in [0.15, 0.2) is 6.29 Å². The van der Waals surface area contributed by atoms with Gasteiger partial charge in [-0.2, -0.15) is 5.10 Å². The van der Waals surface area contributed by atoms with Crippen LogP contribution in [0.25, 0.3) is 5.78 Å². The lowest BCUT2D eigenvalue weighted by Crippen LogP contribution is -1.88. The van der Waals surface area contributed by atoms with E-state index in [9.17, 15) is 4.79 Å². The van der Waals surface area contributed by atoms with Crippen molar-refractivity contribution in [1.82, 2.24) is 19.6 Å². The molecule has 0 spiro atoms. The maximum atomic E-state index is 10.4. The molecule has 0 saturated carbocycles. The summed E-state index contributed by atoms with van der Waals surface area (Å²) in [5.41, 5.74) is 0.178. The molecule has 0 saturated heterocycles. The third kappa shape index (κ3) is 0.868. The van der Waals surface area contributed by atoms with E-state index in [1.807, 2.05) is 0 Å². The van der Waals surface area contributed by atoms with Gasteiger partial charge < -0.3 is 0 Å². The van der Waals surface area contributed by atoms with Crippen molar-refractivity contribution in [2.45, 2.75) is 0 Å². The van der Waals surface area contributed by atoms with Crippen LogP contribution in [0.4, 0.5) is 0 Å². The fourth-order valence-electron chi connectivity index (χ4n) is 0.878. The summed E-state index contributed by atoms with van der Waals surface area (Å²) in [7, 11) is 0. The molecule has 0 radical (unpaired) electrons. The highest BCUT2D eigenvalue weighted by atomic mass is 35.5. The van der Waals surface area contributed by atoms with Crippen molar-refractivity contribution in [2.75, 3.05) is 0 Å². The maximum absolute atomic E-state index is 10.4. The molecule has 5 nitrogen and oxygen atoms in total. The van der Waals surface area contributed by atoms with Crippen LogP contribution in [0.2, 0.25) is 5.15 Å². The maximum Gasteiger partial charge on any atom is 0.255 e. The molecule has 2 aromatic heterocycles. The Balaban J connectivity index is 2.87. The molecule has 0 N–H and O–H groups in total. The van der Waals surface area contributed by atoms with Crippen LogP contribution in [0, 0.1) is 0 Å². The van der Waals surface area contributed by atoms with E-state index < -0.39 is 0 Å². The number of carbonyl (C=O) groups excluding carboxylic acids is 1. The Kier molecular flexibility index (Phi) is 1.51. The lowest BCUT2D eigenvalue weighted by molar-refractivity contribution is 0.111. The third-order valence-electron chi connectivity index (χ3n) is 1.40. The molecule has 12 heavy (non-hydrogen) atoms. The van der Waals surface area contributed by atoms with E-state index >= 15 is 0 Å². The lowest BCUT2D eigenvalue weighted by atomic mass is 10.5. The van der Waals surface area contributed by atoms with Crippen molar-refractivity contribution in [2.24, 2.45) is 0 Å². The summed E-state index contributed by atoms with van der Waals surface area (Å²) in [6.45, 7) is 0. The number of fused-ring (bicyclic) bond motifs is 1. The van der Waals surface area contributed by atoms with Crippen LogP contribution in [0.5, 0.6) is 0 Å². The van der Waals surface area contributed by atoms with Crippen LogP contribution < -0.4 is 0 Å². The fraction of sp³-hybridized carbons (Fsp3) is 0. The van der Waals surface area contributed by atoms with Crippen LogP contribution >= 0.6 is 11.6 Å². The van der Waals surface area contributed by atoms with Gasteiger partial charge in [-0.05, 0) is 0 Å². The molecule has 0 atom stereocenters. The van der Waals surface area contributed by atoms with Crippen LogP contribution in [-0.4, -0.2) is 25.9 Å². The van der Waals surface area contributed by atoms with Crippen LogP contribution in [0.15, 0.2) is 12.4 Å². The smallest absolute Gasteiger partial charge is 0.255 e. The molecule has 0 unspecified atom stereocenters. The van der Waals surface area contributed by atoms with Crippen molar-refractivity contribution < 1.29 is 4.79 Å². The number of nitrogens with zero attached hydrogens (tertiary/aromatic N) is 4. The van der Waals surface area contributed by atoms with E-state index in [1.165, 1.54) is 10.6 Å². The molecular weight excluding hydrogens is 180 g/mol. The van der Waals surface area contributed by atoms with Gasteiger partial charge in [-0.1, -0.05) is 11.6 Å². The molecule has 0 aromatic carbocycles. The monoisotopic (exact) mass is 182 g/mol. The van der Waals surface area contributed by atoms with Crippen molar-refractivity contribution in [3.8, 4) is 0 Å². The number of hydrogen-bond donors (Lipinski definition) is 0. The molecule has 0 amide bonds. The second kappa shape index (κ2) is 2.53. The average Bonchev–Trinajstić information content (AvgIpc) is 2.44. The van der Waals surface area contributed by atoms with Gasteiger partial charge in [-0.3, -0.25) is 9.20 Å². The second-order valence-electron chi connectivity index (χ2n) is 2.09. The van der Waals surface area contributed by atoms with Crippen molar-refractivity contribution in [3.05, 3.63) is 23.2 Å². The van der Waals surface area contributed by atoms with E-state index in [0.717, 1.165) is 0 Å².